The van der Waals surface area contributed by atoms with Crippen molar-refractivity contribution in [1.82, 2.24) is 9.80 Å². The molecule has 0 unspecified atom stereocenters. The third-order valence-corrected chi connectivity index (χ3v) is 3.27. The molecule has 0 saturated carbocycles. The third kappa shape index (κ3) is 4.70. The van der Waals surface area contributed by atoms with Gasteiger partial charge in [0.05, 0.1) is 18.1 Å². The van der Waals surface area contributed by atoms with Crippen LogP contribution in [0.3, 0.4) is 0 Å². The summed E-state index contributed by atoms with van der Waals surface area (Å²) < 4.78 is 0. The summed E-state index contributed by atoms with van der Waals surface area (Å²) in [6.45, 7) is 6.75. The zero-order valence-electron chi connectivity index (χ0n) is 11.9. The Kier molecular flexibility index (Phi) is 5.17. The van der Waals surface area contributed by atoms with E-state index in [4.69, 9.17) is 5.11 Å². The number of carbonyl (C=O) groups excluding carboxylic acids is 1. The molecular formula is C13H24N2O4. The number of rotatable bonds is 4. The van der Waals surface area contributed by atoms with E-state index in [0.717, 1.165) is 0 Å². The number of likely N-dealkylation sites (tertiary alicyclic amines) is 1. The predicted molar refractivity (Wildman–Crippen MR) is 70.9 cm³/mol. The van der Waals surface area contributed by atoms with Gasteiger partial charge in [-0.15, -0.1) is 0 Å². The molecule has 6 nitrogen and oxygen atoms in total. The number of carboxylic acid groups (broad SMARTS) is 1. The largest absolute Gasteiger partial charge is 0.481 e. The monoisotopic (exact) mass is 272 g/mol. The lowest BCUT2D eigenvalue weighted by atomic mass is 9.98. The highest BCUT2D eigenvalue weighted by atomic mass is 16.4. The Hall–Kier alpha value is -1.30. The van der Waals surface area contributed by atoms with Crippen molar-refractivity contribution in [3.8, 4) is 0 Å². The minimum absolute atomic E-state index is 0.185. The fourth-order valence-corrected chi connectivity index (χ4v) is 2.33. The minimum Gasteiger partial charge on any atom is -0.481 e. The van der Waals surface area contributed by atoms with Crippen molar-refractivity contribution in [2.75, 3.05) is 26.2 Å². The van der Waals surface area contributed by atoms with Crippen LogP contribution in [0.25, 0.3) is 0 Å². The second kappa shape index (κ2) is 6.23. The molecule has 0 aromatic carbocycles. The number of piperidine rings is 1. The maximum atomic E-state index is 12.3. The summed E-state index contributed by atoms with van der Waals surface area (Å²) in [4.78, 5) is 26.5. The number of hydrogen-bond donors (Lipinski definition) is 2. The zero-order valence-corrected chi connectivity index (χ0v) is 11.9. The van der Waals surface area contributed by atoms with Crippen molar-refractivity contribution in [3.05, 3.63) is 0 Å². The number of aliphatic hydroxyl groups is 1. The summed E-state index contributed by atoms with van der Waals surface area (Å²) in [7, 11) is 0. The van der Waals surface area contributed by atoms with Gasteiger partial charge in [-0.3, -0.25) is 4.79 Å². The average molecular weight is 272 g/mol. The quantitative estimate of drug-likeness (QED) is 0.800. The molecule has 2 amide bonds. The van der Waals surface area contributed by atoms with Gasteiger partial charge in [0.25, 0.3) is 0 Å². The van der Waals surface area contributed by atoms with Crippen molar-refractivity contribution in [1.29, 1.82) is 0 Å². The van der Waals surface area contributed by atoms with Crippen molar-refractivity contribution in [2.24, 2.45) is 5.92 Å². The number of urea groups is 1. The lowest BCUT2D eigenvalue weighted by Gasteiger charge is -2.36. The summed E-state index contributed by atoms with van der Waals surface area (Å²) >= 11 is 0. The van der Waals surface area contributed by atoms with Gasteiger partial charge >= 0.3 is 12.0 Å². The number of aliphatic carboxylic acids is 1. The smallest absolute Gasteiger partial charge is 0.320 e. The average Bonchev–Trinajstić information content (AvgIpc) is 2.34. The van der Waals surface area contributed by atoms with Crippen LogP contribution in [-0.2, 0) is 4.79 Å². The van der Waals surface area contributed by atoms with Gasteiger partial charge in [-0.1, -0.05) is 0 Å². The Bertz CT molecular complexity index is 338. The van der Waals surface area contributed by atoms with Gasteiger partial charge in [-0.25, -0.2) is 4.79 Å². The Balaban J connectivity index is 2.66. The highest BCUT2D eigenvalue weighted by Crippen LogP contribution is 2.18. The van der Waals surface area contributed by atoms with Crippen molar-refractivity contribution >= 4 is 12.0 Å². The molecule has 1 aliphatic rings. The molecule has 0 aromatic heterocycles. The van der Waals surface area contributed by atoms with Crippen LogP contribution in [0, 0.1) is 5.92 Å². The van der Waals surface area contributed by atoms with Crippen molar-refractivity contribution in [3.63, 3.8) is 0 Å². The molecule has 2 N–H and O–H groups in total. The fraction of sp³-hybridized carbons (Fsp3) is 0.846. The van der Waals surface area contributed by atoms with Gasteiger partial charge in [0.2, 0.25) is 0 Å². The summed E-state index contributed by atoms with van der Waals surface area (Å²) in [5, 5.41) is 18.8. The summed E-state index contributed by atoms with van der Waals surface area (Å²) in [5.74, 6) is -1.32. The Morgan fingerprint density at radius 3 is 2.53 bits per heavy atom. The van der Waals surface area contributed by atoms with Crippen LogP contribution < -0.4 is 0 Å². The zero-order chi connectivity index (χ0) is 14.6. The van der Waals surface area contributed by atoms with Crippen LogP contribution in [0.5, 0.6) is 0 Å². The molecule has 1 aliphatic heterocycles. The SMILES string of the molecule is CCN(CC(C)(C)O)C(=O)N1CCC[C@@H](C(=O)O)C1. The Morgan fingerprint density at radius 2 is 2.05 bits per heavy atom. The first kappa shape index (κ1) is 15.8. The van der Waals surface area contributed by atoms with Crippen LogP contribution in [-0.4, -0.2) is 63.8 Å². The van der Waals surface area contributed by atoms with E-state index >= 15 is 0 Å². The Labute approximate surface area is 114 Å². The molecular weight excluding hydrogens is 248 g/mol. The van der Waals surface area contributed by atoms with Crippen LogP contribution in [0.4, 0.5) is 4.79 Å². The molecule has 6 heteroatoms. The van der Waals surface area contributed by atoms with E-state index in [1.807, 2.05) is 6.92 Å². The van der Waals surface area contributed by atoms with Gasteiger partial charge in [0, 0.05) is 19.6 Å². The molecule has 0 aromatic rings. The van der Waals surface area contributed by atoms with Gasteiger partial charge in [-0.05, 0) is 33.6 Å². The molecule has 1 rings (SSSR count). The molecule has 1 heterocycles. The van der Waals surface area contributed by atoms with E-state index in [1.165, 1.54) is 0 Å². The van der Waals surface area contributed by atoms with E-state index in [2.05, 4.69) is 0 Å². The van der Waals surface area contributed by atoms with Gasteiger partial charge in [0.1, 0.15) is 0 Å². The molecule has 1 fully saturated rings. The standard InChI is InChI=1S/C13H24N2O4/c1-4-14(9-13(2,3)19)12(18)15-7-5-6-10(8-15)11(16)17/h10,19H,4-9H2,1-3H3,(H,16,17)/t10-/m1/s1. The Morgan fingerprint density at radius 1 is 1.42 bits per heavy atom. The lowest BCUT2D eigenvalue weighted by Crippen LogP contribution is -2.51. The van der Waals surface area contributed by atoms with E-state index in [1.54, 1.807) is 23.6 Å². The van der Waals surface area contributed by atoms with E-state index in [9.17, 15) is 14.7 Å². The molecule has 110 valence electrons. The molecule has 19 heavy (non-hydrogen) atoms. The lowest BCUT2D eigenvalue weighted by molar-refractivity contribution is -0.143. The number of likely N-dealkylation sites (N-methyl/N-ethyl adjacent to an activating group) is 1. The second-order valence-electron chi connectivity index (χ2n) is 5.73. The van der Waals surface area contributed by atoms with Gasteiger partial charge < -0.3 is 20.0 Å². The van der Waals surface area contributed by atoms with Crippen LogP contribution >= 0.6 is 0 Å². The van der Waals surface area contributed by atoms with E-state index in [0.29, 0.717) is 25.9 Å². The van der Waals surface area contributed by atoms with Crippen LogP contribution in [0.15, 0.2) is 0 Å². The molecule has 1 saturated heterocycles. The highest BCUT2D eigenvalue weighted by molar-refractivity contribution is 5.76. The number of carboxylic acids is 1. The molecule has 0 bridgehead atoms. The molecule has 0 spiro atoms. The topological polar surface area (TPSA) is 81.1 Å². The predicted octanol–water partition coefficient (Wildman–Crippen LogP) is 0.996. The van der Waals surface area contributed by atoms with E-state index < -0.39 is 17.5 Å². The molecule has 1 atom stereocenters. The third-order valence-electron chi connectivity index (χ3n) is 3.27. The first-order chi connectivity index (χ1) is 8.74. The maximum absolute atomic E-state index is 12.3. The first-order valence-corrected chi connectivity index (χ1v) is 6.73. The minimum atomic E-state index is -0.951. The van der Waals surface area contributed by atoms with Crippen LogP contribution in [0.2, 0.25) is 0 Å². The van der Waals surface area contributed by atoms with Gasteiger partial charge in [-0.2, -0.15) is 0 Å². The van der Waals surface area contributed by atoms with Crippen LogP contribution in [0.1, 0.15) is 33.6 Å². The first-order valence-electron chi connectivity index (χ1n) is 6.73. The summed E-state index contributed by atoms with van der Waals surface area (Å²) in [6, 6.07) is -0.185. The summed E-state index contributed by atoms with van der Waals surface area (Å²) in [6.07, 6.45) is 1.33. The normalized spacial score (nSPS) is 20.2. The number of nitrogens with zero attached hydrogens (tertiary/aromatic N) is 2. The van der Waals surface area contributed by atoms with Gasteiger partial charge in [0.15, 0.2) is 0 Å². The van der Waals surface area contributed by atoms with Crippen molar-refractivity contribution in [2.45, 2.75) is 39.2 Å². The number of carbonyl (C=O) groups is 2. The second-order valence-corrected chi connectivity index (χ2v) is 5.73. The maximum Gasteiger partial charge on any atom is 0.320 e. The summed E-state index contributed by atoms with van der Waals surface area (Å²) in [5.41, 5.74) is -0.951. The molecule has 0 radical (unpaired) electrons. The fourth-order valence-electron chi connectivity index (χ4n) is 2.33. The van der Waals surface area contributed by atoms with Crippen molar-refractivity contribution < 1.29 is 19.8 Å². The molecule has 0 aliphatic carbocycles. The number of hydrogen-bond acceptors (Lipinski definition) is 3. The highest BCUT2D eigenvalue weighted by Gasteiger charge is 2.31. The van der Waals surface area contributed by atoms with E-state index in [-0.39, 0.29) is 19.1 Å². The number of amides is 2.